The molecule has 0 unspecified atom stereocenters. The SMILES string of the molecule is CC(C)(C)[Si](C)(C)N=C(N[Si](C)(C)C(C)(C)C)N[Si](C)(C)C(C)(C)C. The topological polar surface area (TPSA) is 36.4 Å². The number of rotatable bonds is 3. The third-order valence-corrected chi connectivity index (χ3v) is 20.5. The van der Waals surface area contributed by atoms with E-state index in [0.717, 1.165) is 5.96 Å². The summed E-state index contributed by atoms with van der Waals surface area (Å²) in [7, 11) is -5.15. The molecule has 25 heavy (non-hydrogen) atoms. The van der Waals surface area contributed by atoms with Crippen LogP contribution in [0.1, 0.15) is 62.3 Å². The van der Waals surface area contributed by atoms with Gasteiger partial charge in [-0.15, -0.1) is 0 Å². The van der Waals surface area contributed by atoms with E-state index in [2.05, 4.69) is 112 Å². The summed E-state index contributed by atoms with van der Waals surface area (Å²) >= 11 is 0. The van der Waals surface area contributed by atoms with E-state index in [-0.39, 0.29) is 15.1 Å². The van der Waals surface area contributed by atoms with Crippen LogP contribution in [0.3, 0.4) is 0 Å². The Morgan fingerprint density at radius 1 is 0.560 bits per heavy atom. The van der Waals surface area contributed by atoms with Gasteiger partial charge in [0, 0.05) is 0 Å². The molecule has 0 aliphatic rings. The van der Waals surface area contributed by atoms with E-state index >= 15 is 0 Å². The van der Waals surface area contributed by atoms with Gasteiger partial charge >= 0.3 is 0 Å². The average molecular weight is 402 g/mol. The van der Waals surface area contributed by atoms with Crippen LogP contribution >= 0.6 is 0 Å². The number of nitrogens with zero attached hydrogens (tertiary/aromatic N) is 1. The molecular weight excluding hydrogens is 354 g/mol. The summed E-state index contributed by atoms with van der Waals surface area (Å²) in [6.07, 6.45) is 0. The molecule has 0 atom stereocenters. The van der Waals surface area contributed by atoms with Gasteiger partial charge in [0.2, 0.25) is 0 Å². The van der Waals surface area contributed by atoms with Crippen molar-refractivity contribution in [2.45, 2.75) is 117 Å². The van der Waals surface area contributed by atoms with Crippen molar-refractivity contribution in [1.82, 2.24) is 9.96 Å². The van der Waals surface area contributed by atoms with Crippen LogP contribution in [0.25, 0.3) is 0 Å². The number of hydrogen-bond donors (Lipinski definition) is 2. The zero-order valence-electron chi connectivity index (χ0n) is 19.9. The lowest BCUT2D eigenvalue weighted by Crippen LogP contribution is -2.65. The summed E-state index contributed by atoms with van der Waals surface area (Å²) in [5.74, 6) is 1.07. The Bertz CT molecular complexity index is 458. The molecule has 0 aliphatic heterocycles. The van der Waals surface area contributed by atoms with Gasteiger partial charge < -0.3 is 9.96 Å². The zero-order chi connectivity index (χ0) is 20.7. The van der Waals surface area contributed by atoms with Crippen molar-refractivity contribution in [3.8, 4) is 0 Å². The van der Waals surface area contributed by atoms with E-state index in [1.165, 1.54) is 0 Å². The minimum Gasteiger partial charge on any atom is -0.383 e. The van der Waals surface area contributed by atoms with Crippen molar-refractivity contribution in [3.63, 3.8) is 0 Å². The number of hydrogen-bond acceptors (Lipinski definition) is 1. The van der Waals surface area contributed by atoms with E-state index in [1.807, 2.05) is 0 Å². The molecule has 0 aromatic heterocycles. The van der Waals surface area contributed by atoms with Crippen LogP contribution in [0.2, 0.25) is 54.4 Å². The molecule has 6 heteroatoms. The summed E-state index contributed by atoms with van der Waals surface area (Å²) in [5, 5.41) is 0.787. The smallest absolute Gasteiger partial charge is 0.185 e. The second-order valence-corrected chi connectivity index (χ2v) is 27.1. The molecule has 0 amide bonds. The number of guanidine groups is 1. The van der Waals surface area contributed by atoms with Gasteiger partial charge in [0.15, 0.2) is 30.7 Å². The molecule has 0 radical (unpaired) electrons. The highest BCUT2D eigenvalue weighted by atomic mass is 28.3. The van der Waals surface area contributed by atoms with Crippen molar-refractivity contribution in [2.75, 3.05) is 0 Å². The van der Waals surface area contributed by atoms with Crippen molar-refractivity contribution < 1.29 is 0 Å². The van der Waals surface area contributed by atoms with Crippen LogP contribution in [0.15, 0.2) is 4.66 Å². The summed E-state index contributed by atoms with van der Waals surface area (Å²) < 4.78 is 5.38. The molecule has 0 heterocycles. The van der Waals surface area contributed by atoms with Gasteiger partial charge in [-0.3, -0.25) is 4.66 Å². The van der Waals surface area contributed by atoms with Gasteiger partial charge in [-0.1, -0.05) is 88.5 Å². The minimum absolute atomic E-state index is 0.239. The second-order valence-electron chi connectivity index (χ2n) is 12.3. The summed E-state index contributed by atoms with van der Waals surface area (Å²) in [4.78, 5) is 7.87. The Labute approximate surface area is 162 Å². The van der Waals surface area contributed by atoms with Gasteiger partial charge in [-0.05, 0) is 28.2 Å². The molecule has 0 fully saturated rings. The Balaban J connectivity index is 6.03. The fraction of sp³-hybridized carbons (Fsp3) is 0.947. The standard InChI is InChI=1S/C19H47N3Si3/c1-17(2,3)23(10,11)20-16(21-24(12,13)18(4,5)6)22-25(14,15)19(7,8)9/h1-15H3,(H2,20,21,22). The summed E-state index contributed by atoms with van der Waals surface area (Å²) in [5.41, 5.74) is 0. The molecule has 2 N–H and O–H groups in total. The highest BCUT2D eigenvalue weighted by Gasteiger charge is 2.42. The molecule has 0 aromatic carbocycles. The largest absolute Gasteiger partial charge is 0.383 e. The monoisotopic (exact) mass is 401 g/mol. The van der Waals surface area contributed by atoms with Gasteiger partial charge in [0.25, 0.3) is 0 Å². The van der Waals surface area contributed by atoms with Crippen LogP contribution in [0.4, 0.5) is 0 Å². The van der Waals surface area contributed by atoms with Gasteiger partial charge in [0.05, 0.1) is 0 Å². The van der Waals surface area contributed by atoms with E-state index in [4.69, 9.17) is 4.66 Å². The van der Waals surface area contributed by atoms with Crippen molar-refractivity contribution in [1.29, 1.82) is 0 Å². The molecule has 0 saturated carbocycles. The molecule has 0 rings (SSSR count). The van der Waals surface area contributed by atoms with E-state index in [9.17, 15) is 0 Å². The lowest BCUT2D eigenvalue weighted by molar-refractivity contribution is 0.698. The predicted molar refractivity (Wildman–Crippen MR) is 125 cm³/mol. The van der Waals surface area contributed by atoms with Crippen LogP contribution in [-0.2, 0) is 0 Å². The van der Waals surface area contributed by atoms with Crippen molar-refractivity contribution >= 4 is 30.7 Å². The molecule has 3 nitrogen and oxygen atoms in total. The molecule has 0 spiro atoms. The molecule has 0 saturated heterocycles. The minimum atomic E-state index is -1.78. The lowest BCUT2D eigenvalue weighted by Gasteiger charge is -2.44. The predicted octanol–water partition coefficient (Wildman–Crippen LogP) is 6.54. The molecule has 0 bridgehead atoms. The third-order valence-electron chi connectivity index (χ3n) is 6.84. The zero-order valence-corrected chi connectivity index (χ0v) is 22.9. The van der Waals surface area contributed by atoms with Gasteiger partial charge in [-0.25, -0.2) is 0 Å². The van der Waals surface area contributed by atoms with E-state index in [1.54, 1.807) is 0 Å². The van der Waals surface area contributed by atoms with Gasteiger partial charge in [-0.2, -0.15) is 0 Å². The Morgan fingerprint density at radius 2 is 0.840 bits per heavy atom. The summed E-state index contributed by atoms with van der Waals surface area (Å²) in [6.45, 7) is 35.5. The van der Waals surface area contributed by atoms with Crippen LogP contribution < -0.4 is 9.96 Å². The van der Waals surface area contributed by atoms with Crippen molar-refractivity contribution in [2.24, 2.45) is 4.66 Å². The summed E-state index contributed by atoms with van der Waals surface area (Å²) in [6, 6.07) is 0. The Morgan fingerprint density at radius 3 is 1.04 bits per heavy atom. The quantitative estimate of drug-likeness (QED) is 0.320. The third kappa shape index (κ3) is 6.54. The molecule has 150 valence electrons. The Kier molecular flexibility index (Phi) is 7.13. The van der Waals surface area contributed by atoms with Crippen molar-refractivity contribution in [3.05, 3.63) is 0 Å². The fourth-order valence-electron chi connectivity index (χ4n) is 1.50. The maximum atomic E-state index is 5.38. The molecule has 0 aromatic rings. The van der Waals surface area contributed by atoms with Gasteiger partial charge in [0.1, 0.15) is 0 Å². The fourth-order valence-corrected chi connectivity index (χ4v) is 5.03. The van der Waals surface area contributed by atoms with E-state index in [0.29, 0.717) is 0 Å². The second kappa shape index (κ2) is 7.15. The average Bonchev–Trinajstić information content (AvgIpc) is 2.21. The molecule has 0 aliphatic carbocycles. The first kappa shape index (κ1) is 24.9. The van der Waals surface area contributed by atoms with Crippen LogP contribution in [0.5, 0.6) is 0 Å². The van der Waals surface area contributed by atoms with Crippen LogP contribution in [-0.4, -0.2) is 30.7 Å². The Hall–Kier alpha value is -0.0794. The highest BCUT2D eigenvalue weighted by Crippen LogP contribution is 2.38. The first-order chi connectivity index (χ1) is 10.5. The normalized spacial score (nSPS) is 15.0. The maximum absolute atomic E-state index is 5.38. The van der Waals surface area contributed by atoms with Crippen LogP contribution in [0, 0.1) is 0 Å². The maximum Gasteiger partial charge on any atom is 0.185 e. The van der Waals surface area contributed by atoms with E-state index < -0.39 is 24.7 Å². The highest BCUT2D eigenvalue weighted by molar-refractivity contribution is 6.85. The first-order valence-corrected chi connectivity index (χ1v) is 18.6. The first-order valence-electron chi connectivity index (χ1n) is 9.70. The molecular formula is C19H47N3Si3. The number of nitrogens with one attached hydrogen (secondary N) is 2. The lowest BCUT2D eigenvalue weighted by atomic mass is 10.2.